The zero-order valence-electron chi connectivity index (χ0n) is 16.1. The maximum atomic E-state index is 12.5. The largest absolute Gasteiger partial charge is 0.490 e. The van der Waals surface area contributed by atoms with E-state index in [1.807, 2.05) is 39.0 Å². The van der Waals surface area contributed by atoms with Crippen LogP contribution < -0.4 is 4.74 Å². The molecule has 0 unspecified atom stereocenters. The fourth-order valence-corrected chi connectivity index (χ4v) is 3.21. The summed E-state index contributed by atoms with van der Waals surface area (Å²) < 4.78 is 13.8. The predicted octanol–water partition coefficient (Wildman–Crippen LogP) is 4.35. The summed E-state index contributed by atoms with van der Waals surface area (Å²) in [6.45, 7) is 9.39. The number of amides is 1. The van der Waals surface area contributed by atoms with E-state index in [1.165, 1.54) is 11.3 Å². The van der Waals surface area contributed by atoms with Crippen molar-refractivity contribution in [2.75, 3.05) is 19.7 Å². The summed E-state index contributed by atoms with van der Waals surface area (Å²) >= 11 is 0. The molecular formula is C21H28N2O3. The van der Waals surface area contributed by atoms with Crippen molar-refractivity contribution in [2.24, 2.45) is 0 Å². The molecule has 0 aliphatic carbocycles. The first-order chi connectivity index (χ1) is 12.3. The minimum Gasteiger partial charge on any atom is -0.490 e. The van der Waals surface area contributed by atoms with Crippen molar-refractivity contribution in [2.45, 2.75) is 46.1 Å². The van der Waals surface area contributed by atoms with Crippen LogP contribution in [0.4, 0.5) is 4.79 Å². The molecule has 0 spiro atoms. The number of hydrogen-bond acceptors (Lipinski definition) is 3. The second-order valence-corrected chi connectivity index (χ2v) is 7.70. The smallest absolute Gasteiger partial charge is 0.410 e. The summed E-state index contributed by atoms with van der Waals surface area (Å²) in [5.41, 5.74) is 3.05. The Bertz CT molecular complexity index is 774. The van der Waals surface area contributed by atoms with Crippen LogP contribution >= 0.6 is 0 Å². The summed E-state index contributed by atoms with van der Waals surface area (Å²) in [6.07, 6.45) is 3.59. The van der Waals surface area contributed by atoms with E-state index >= 15 is 0 Å². The number of rotatable bonds is 0. The lowest BCUT2D eigenvalue weighted by Crippen LogP contribution is -2.39. The lowest BCUT2D eigenvalue weighted by molar-refractivity contribution is 0.0225. The number of fused-ring (bicyclic) bond motifs is 3. The first kappa shape index (κ1) is 18.4. The van der Waals surface area contributed by atoms with E-state index in [1.54, 1.807) is 4.90 Å². The van der Waals surface area contributed by atoms with Crippen molar-refractivity contribution in [3.05, 3.63) is 47.8 Å². The fraction of sp³-hybridized carbons (Fsp3) is 0.476. The molecule has 5 heteroatoms. The van der Waals surface area contributed by atoms with Gasteiger partial charge in [0.05, 0.1) is 12.2 Å². The molecule has 0 bridgehead atoms. The molecule has 0 N–H and O–H groups in total. The number of para-hydroxylation sites is 2. The molecule has 1 aliphatic rings. The minimum atomic E-state index is -0.498. The van der Waals surface area contributed by atoms with Crippen molar-refractivity contribution in [3.8, 4) is 11.4 Å². The SMILES string of the molecule is Cc1ccn2c1CCCN(C(=O)OC(C)(C)C)CCOc1ccccc1-2. The number of aryl methyl sites for hydroxylation is 1. The third kappa shape index (κ3) is 4.21. The Morgan fingerprint density at radius 3 is 2.69 bits per heavy atom. The molecule has 26 heavy (non-hydrogen) atoms. The van der Waals surface area contributed by atoms with Gasteiger partial charge in [-0.05, 0) is 64.3 Å². The zero-order chi connectivity index (χ0) is 18.7. The third-order valence-corrected chi connectivity index (χ3v) is 4.46. The predicted molar refractivity (Wildman–Crippen MR) is 102 cm³/mol. The summed E-state index contributed by atoms with van der Waals surface area (Å²) in [5.74, 6) is 0.829. The average Bonchev–Trinajstić information content (AvgIpc) is 2.91. The average molecular weight is 356 g/mol. The molecule has 1 aromatic heterocycles. The number of carbonyl (C=O) groups excluding carboxylic acids is 1. The van der Waals surface area contributed by atoms with E-state index in [2.05, 4.69) is 29.8 Å². The zero-order valence-corrected chi connectivity index (χ0v) is 16.1. The van der Waals surface area contributed by atoms with E-state index in [4.69, 9.17) is 9.47 Å². The summed E-state index contributed by atoms with van der Waals surface area (Å²) in [6, 6.07) is 10.2. The molecule has 0 atom stereocenters. The van der Waals surface area contributed by atoms with E-state index < -0.39 is 5.60 Å². The number of hydrogen-bond donors (Lipinski definition) is 0. The van der Waals surface area contributed by atoms with Crippen LogP contribution in [0.5, 0.6) is 5.75 Å². The summed E-state index contributed by atoms with van der Waals surface area (Å²) in [7, 11) is 0. The molecule has 5 nitrogen and oxygen atoms in total. The summed E-state index contributed by atoms with van der Waals surface area (Å²) in [4.78, 5) is 14.3. The van der Waals surface area contributed by atoms with Crippen LogP contribution in [0.2, 0.25) is 0 Å². The Morgan fingerprint density at radius 1 is 1.15 bits per heavy atom. The van der Waals surface area contributed by atoms with E-state index in [0.29, 0.717) is 19.7 Å². The van der Waals surface area contributed by atoms with Crippen LogP contribution in [0.25, 0.3) is 5.69 Å². The van der Waals surface area contributed by atoms with Crippen LogP contribution in [0.1, 0.15) is 38.4 Å². The van der Waals surface area contributed by atoms with Crippen molar-refractivity contribution in [1.29, 1.82) is 0 Å². The van der Waals surface area contributed by atoms with Gasteiger partial charge in [0.25, 0.3) is 0 Å². The monoisotopic (exact) mass is 356 g/mol. The van der Waals surface area contributed by atoms with Gasteiger partial charge in [0.15, 0.2) is 0 Å². The van der Waals surface area contributed by atoms with Gasteiger partial charge in [-0.25, -0.2) is 4.79 Å². The molecule has 3 rings (SSSR count). The van der Waals surface area contributed by atoms with Crippen LogP contribution in [0, 0.1) is 6.92 Å². The Kier molecular flexibility index (Phi) is 5.25. The van der Waals surface area contributed by atoms with Crippen molar-refractivity contribution in [3.63, 3.8) is 0 Å². The van der Waals surface area contributed by atoms with Crippen LogP contribution in [0.3, 0.4) is 0 Å². The molecule has 1 amide bonds. The Morgan fingerprint density at radius 2 is 1.92 bits per heavy atom. The van der Waals surface area contributed by atoms with Gasteiger partial charge in [-0.2, -0.15) is 0 Å². The molecule has 1 aromatic carbocycles. The highest BCUT2D eigenvalue weighted by atomic mass is 16.6. The van der Waals surface area contributed by atoms with Gasteiger partial charge >= 0.3 is 6.09 Å². The molecule has 0 saturated heterocycles. The van der Waals surface area contributed by atoms with E-state index in [9.17, 15) is 4.79 Å². The number of nitrogens with zero attached hydrogens (tertiary/aromatic N) is 2. The van der Waals surface area contributed by atoms with Crippen LogP contribution in [-0.4, -0.2) is 40.9 Å². The topological polar surface area (TPSA) is 43.7 Å². The van der Waals surface area contributed by atoms with Gasteiger partial charge in [-0.1, -0.05) is 12.1 Å². The molecular weight excluding hydrogens is 328 g/mol. The Balaban J connectivity index is 1.87. The second-order valence-electron chi connectivity index (χ2n) is 7.70. The standard InChI is InChI=1S/C21H28N2O3/c1-16-11-13-23-17(16)9-7-12-22(20(24)26-21(2,3)4)14-15-25-19-10-6-5-8-18(19)23/h5-6,8,10-11,13H,7,9,12,14-15H2,1-4H3. The lowest BCUT2D eigenvalue weighted by atomic mass is 10.1. The second kappa shape index (κ2) is 7.44. The fourth-order valence-electron chi connectivity index (χ4n) is 3.21. The van der Waals surface area contributed by atoms with E-state index in [-0.39, 0.29) is 6.09 Å². The van der Waals surface area contributed by atoms with Crippen LogP contribution in [-0.2, 0) is 11.2 Å². The normalized spacial score (nSPS) is 15.3. The quantitative estimate of drug-likeness (QED) is 0.705. The highest BCUT2D eigenvalue weighted by Gasteiger charge is 2.23. The number of carbonyl (C=O) groups is 1. The van der Waals surface area contributed by atoms with Crippen molar-refractivity contribution < 1.29 is 14.3 Å². The number of ether oxygens (including phenoxy) is 2. The number of benzene rings is 1. The number of aromatic nitrogens is 1. The maximum absolute atomic E-state index is 12.5. The van der Waals surface area contributed by atoms with Crippen molar-refractivity contribution >= 4 is 6.09 Å². The molecule has 0 fully saturated rings. The molecule has 2 aromatic rings. The maximum Gasteiger partial charge on any atom is 0.410 e. The molecule has 0 radical (unpaired) electrons. The highest BCUT2D eigenvalue weighted by Crippen LogP contribution is 2.27. The first-order valence-corrected chi connectivity index (χ1v) is 9.22. The van der Waals surface area contributed by atoms with E-state index in [0.717, 1.165) is 24.3 Å². The van der Waals surface area contributed by atoms with Gasteiger partial charge < -0.3 is 18.9 Å². The van der Waals surface area contributed by atoms with Gasteiger partial charge in [0.1, 0.15) is 18.0 Å². The molecule has 1 aliphatic heterocycles. The van der Waals surface area contributed by atoms with Gasteiger partial charge in [0.2, 0.25) is 0 Å². The highest BCUT2D eigenvalue weighted by molar-refractivity contribution is 5.68. The Labute approximate surface area is 155 Å². The first-order valence-electron chi connectivity index (χ1n) is 9.22. The Hall–Kier alpha value is -2.43. The molecule has 0 saturated carbocycles. The summed E-state index contributed by atoms with van der Waals surface area (Å²) in [5, 5.41) is 0. The van der Waals surface area contributed by atoms with Crippen molar-refractivity contribution in [1.82, 2.24) is 9.47 Å². The van der Waals surface area contributed by atoms with Gasteiger partial charge in [0, 0.05) is 18.4 Å². The van der Waals surface area contributed by atoms with Gasteiger partial charge in [-0.3, -0.25) is 0 Å². The van der Waals surface area contributed by atoms with Gasteiger partial charge in [-0.15, -0.1) is 0 Å². The van der Waals surface area contributed by atoms with Crippen LogP contribution in [0.15, 0.2) is 36.5 Å². The molecule has 140 valence electrons. The molecule has 2 heterocycles. The lowest BCUT2D eigenvalue weighted by Gasteiger charge is -2.27. The minimum absolute atomic E-state index is 0.277. The third-order valence-electron chi connectivity index (χ3n) is 4.46.